The largest absolute Gasteiger partial charge is 0.465 e. The number of hydrogen-bond donors (Lipinski definition) is 2. The summed E-state index contributed by atoms with van der Waals surface area (Å²) in [7, 11) is 1.24. The van der Waals surface area contributed by atoms with Crippen LogP contribution in [-0.2, 0) is 25.5 Å². The molecule has 0 radical (unpaired) electrons. The molecule has 0 saturated carbocycles. The summed E-state index contributed by atoms with van der Waals surface area (Å²) in [5.41, 5.74) is 1.87. The topological polar surface area (TPSA) is 115 Å². The maximum atomic E-state index is 12.2. The molecule has 27 heavy (non-hydrogen) atoms. The number of H-pyrrole nitrogens is 1. The molecule has 0 unspecified atom stereocenters. The van der Waals surface area contributed by atoms with Gasteiger partial charge in [0, 0.05) is 5.69 Å². The average Bonchev–Trinajstić information content (AvgIpc) is 2.94. The minimum Gasteiger partial charge on any atom is -0.465 e. The smallest absolute Gasteiger partial charge is 0.355 e. The number of aromatic amines is 1. The van der Waals surface area contributed by atoms with Crippen molar-refractivity contribution in [3.8, 4) is 0 Å². The predicted molar refractivity (Wildman–Crippen MR) is 95.2 cm³/mol. The molecule has 0 aliphatic rings. The van der Waals surface area contributed by atoms with Crippen molar-refractivity contribution in [2.24, 2.45) is 0 Å². The van der Waals surface area contributed by atoms with E-state index in [1.54, 1.807) is 38.1 Å². The van der Waals surface area contributed by atoms with Crippen molar-refractivity contribution in [1.82, 2.24) is 10.3 Å². The Labute approximate surface area is 155 Å². The lowest BCUT2D eigenvalue weighted by atomic mass is 10.1. The molecule has 0 aliphatic carbocycles. The molecule has 142 valence electrons. The molecule has 8 heteroatoms. The summed E-state index contributed by atoms with van der Waals surface area (Å²) < 4.78 is 9.59. The van der Waals surface area contributed by atoms with Crippen molar-refractivity contribution in [3.63, 3.8) is 0 Å². The Morgan fingerprint density at radius 2 is 1.67 bits per heavy atom. The van der Waals surface area contributed by atoms with Crippen molar-refractivity contribution in [1.29, 1.82) is 0 Å². The van der Waals surface area contributed by atoms with E-state index >= 15 is 0 Å². The molecule has 0 atom stereocenters. The Kier molecular flexibility index (Phi) is 6.48. The number of aryl methyl sites for hydroxylation is 1. The fourth-order valence-electron chi connectivity index (χ4n) is 2.58. The third-order valence-electron chi connectivity index (χ3n) is 3.85. The third-order valence-corrected chi connectivity index (χ3v) is 3.85. The second kappa shape index (κ2) is 8.79. The highest BCUT2D eigenvalue weighted by atomic mass is 16.5. The van der Waals surface area contributed by atoms with Crippen LogP contribution in [0.5, 0.6) is 0 Å². The van der Waals surface area contributed by atoms with Crippen LogP contribution >= 0.6 is 0 Å². The highest BCUT2D eigenvalue weighted by molar-refractivity contribution is 6.00. The molecule has 1 aromatic carbocycles. The van der Waals surface area contributed by atoms with E-state index in [-0.39, 0.29) is 17.7 Å². The number of methoxy groups -OCH3 is 1. The quantitative estimate of drug-likeness (QED) is 0.742. The fraction of sp³-hybridized carbons (Fsp3) is 0.263. The molecule has 1 heterocycles. The van der Waals surface area contributed by atoms with E-state index in [9.17, 15) is 19.2 Å². The Morgan fingerprint density at radius 1 is 1.00 bits per heavy atom. The zero-order chi connectivity index (χ0) is 20.0. The van der Waals surface area contributed by atoms with Crippen LogP contribution in [0.15, 0.2) is 30.3 Å². The number of benzene rings is 1. The molecular weight excluding hydrogens is 352 g/mol. The summed E-state index contributed by atoms with van der Waals surface area (Å²) in [5.74, 6) is -2.62. The SMILES string of the molecule is COC(=O)c1c(C)[nH]c(C(=O)OCC(=O)NC(=O)Cc2ccccc2)c1C. The van der Waals surface area contributed by atoms with E-state index in [2.05, 4.69) is 15.0 Å². The van der Waals surface area contributed by atoms with Crippen LogP contribution in [0.3, 0.4) is 0 Å². The second-order valence-corrected chi connectivity index (χ2v) is 5.83. The van der Waals surface area contributed by atoms with Gasteiger partial charge in [-0.1, -0.05) is 30.3 Å². The maximum absolute atomic E-state index is 12.2. The Morgan fingerprint density at radius 3 is 2.30 bits per heavy atom. The van der Waals surface area contributed by atoms with Crippen LogP contribution in [0.25, 0.3) is 0 Å². The number of esters is 2. The molecule has 2 rings (SSSR count). The van der Waals surface area contributed by atoms with Gasteiger partial charge in [0.15, 0.2) is 6.61 Å². The number of hydrogen-bond acceptors (Lipinski definition) is 6. The number of rotatable bonds is 6. The van der Waals surface area contributed by atoms with E-state index < -0.39 is 30.4 Å². The molecule has 0 bridgehead atoms. The first-order valence-electron chi connectivity index (χ1n) is 8.14. The number of amides is 2. The van der Waals surface area contributed by atoms with Gasteiger partial charge < -0.3 is 14.5 Å². The lowest BCUT2D eigenvalue weighted by Gasteiger charge is -2.06. The second-order valence-electron chi connectivity index (χ2n) is 5.83. The van der Waals surface area contributed by atoms with Crippen LogP contribution in [-0.4, -0.2) is 42.5 Å². The van der Waals surface area contributed by atoms with Gasteiger partial charge >= 0.3 is 11.9 Å². The van der Waals surface area contributed by atoms with E-state index in [1.807, 2.05) is 6.07 Å². The lowest BCUT2D eigenvalue weighted by Crippen LogP contribution is -2.35. The van der Waals surface area contributed by atoms with Gasteiger partial charge in [0.1, 0.15) is 5.69 Å². The zero-order valence-corrected chi connectivity index (χ0v) is 15.3. The molecule has 2 amide bonds. The van der Waals surface area contributed by atoms with Gasteiger partial charge in [-0.15, -0.1) is 0 Å². The van der Waals surface area contributed by atoms with E-state index in [0.717, 1.165) is 5.56 Å². The number of carbonyl (C=O) groups excluding carboxylic acids is 4. The first kappa shape index (κ1) is 19.9. The summed E-state index contributed by atoms with van der Waals surface area (Å²) in [4.78, 5) is 50.3. The molecule has 2 N–H and O–H groups in total. The predicted octanol–water partition coefficient (Wildman–Crippen LogP) is 1.46. The van der Waals surface area contributed by atoms with Gasteiger partial charge in [0.2, 0.25) is 5.91 Å². The Balaban J connectivity index is 1.91. The number of carbonyl (C=O) groups is 4. The molecule has 0 aliphatic heterocycles. The molecule has 0 saturated heterocycles. The van der Waals surface area contributed by atoms with Crippen molar-refractivity contribution >= 4 is 23.8 Å². The Bertz CT molecular complexity index is 870. The third kappa shape index (κ3) is 5.04. The van der Waals surface area contributed by atoms with E-state index in [0.29, 0.717) is 11.3 Å². The minimum atomic E-state index is -0.809. The normalized spacial score (nSPS) is 10.2. The number of imide groups is 1. The summed E-state index contributed by atoms with van der Waals surface area (Å²) in [6.07, 6.45) is 0.0396. The summed E-state index contributed by atoms with van der Waals surface area (Å²) in [6, 6.07) is 8.92. The van der Waals surface area contributed by atoms with Crippen LogP contribution in [0, 0.1) is 13.8 Å². The van der Waals surface area contributed by atoms with Crippen LogP contribution in [0.1, 0.15) is 37.7 Å². The summed E-state index contributed by atoms with van der Waals surface area (Å²) in [5, 5.41) is 2.15. The first-order valence-corrected chi connectivity index (χ1v) is 8.14. The van der Waals surface area contributed by atoms with Crippen LogP contribution in [0.2, 0.25) is 0 Å². The van der Waals surface area contributed by atoms with Gasteiger partial charge in [-0.25, -0.2) is 9.59 Å². The average molecular weight is 372 g/mol. The first-order chi connectivity index (χ1) is 12.8. The molecular formula is C19H20N2O6. The molecule has 0 fully saturated rings. The van der Waals surface area contributed by atoms with Gasteiger partial charge in [0.25, 0.3) is 5.91 Å². The number of aromatic nitrogens is 1. The van der Waals surface area contributed by atoms with Crippen LogP contribution in [0.4, 0.5) is 0 Å². The summed E-state index contributed by atoms with van der Waals surface area (Å²) >= 11 is 0. The molecule has 8 nitrogen and oxygen atoms in total. The molecule has 1 aromatic heterocycles. The Hall–Kier alpha value is -3.42. The molecule has 0 spiro atoms. The minimum absolute atomic E-state index is 0.0396. The van der Waals surface area contributed by atoms with Gasteiger partial charge in [-0.2, -0.15) is 0 Å². The molecule has 2 aromatic rings. The zero-order valence-electron chi connectivity index (χ0n) is 15.3. The van der Waals surface area contributed by atoms with Gasteiger partial charge in [-0.05, 0) is 25.0 Å². The lowest BCUT2D eigenvalue weighted by molar-refractivity contribution is -0.132. The van der Waals surface area contributed by atoms with Crippen molar-refractivity contribution < 1.29 is 28.7 Å². The standard InChI is InChI=1S/C19H20N2O6/c1-11-16(18(24)26-3)12(2)20-17(11)19(25)27-10-15(23)21-14(22)9-13-7-5-4-6-8-13/h4-8,20H,9-10H2,1-3H3,(H,21,22,23). The van der Waals surface area contributed by atoms with E-state index in [1.165, 1.54) is 7.11 Å². The van der Waals surface area contributed by atoms with Crippen molar-refractivity contribution in [2.75, 3.05) is 13.7 Å². The van der Waals surface area contributed by atoms with Crippen molar-refractivity contribution in [2.45, 2.75) is 20.3 Å². The number of ether oxygens (including phenoxy) is 2. The van der Waals surface area contributed by atoms with E-state index in [4.69, 9.17) is 4.74 Å². The van der Waals surface area contributed by atoms with Gasteiger partial charge in [-0.3, -0.25) is 14.9 Å². The van der Waals surface area contributed by atoms with Gasteiger partial charge in [0.05, 0.1) is 19.1 Å². The monoisotopic (exact) mass is 372 g/mol. The number of nitrogens with one attached hydrogen (secondary N) is 2. The maximum Gasteiger partial charge on any atom is 0.355 e. The highest BCUT2D eigenvalue weighted by Gasteiger charge is 2.24. The fourth-order valence-corrected chi connectivity index (χ4v) is 2.58. The van der Waals surface area contributed by atoms with Crippen LogP contribution < -0.4 is 5.32 Å². The van der Waals surface area contributed by atoms with Crippen molar-refractivity contribution in [3.05, 3.63) is 58.4 Å². The highest BCUT2D eigenvalue weighted by Crippen LogP contribution is 2.19. The summed E-state index contributed by atoms with van der Waals surface area (Å²) in [6.45, 7) is 2.56.